The Morgan fingerprint density at radius 2 is 1.79 bits per heavy atom. The second-order valence-corrected chi connectivity index (χ2v) is 6.45. The minimum absolute atomic E-state index is 0.0252. The van der Waals surface area contributed by atoms with Crippen molar-refractivity contribution in [2.75, 3.05) is 32.8 Å². The van der Waals surface area contributed by atoms with Crippen molar-refractivity contribution in [3.05, 3.63) is 23.2 Å². The lowest BCUT2D eigenvalue weighted by atomic mass is 10.3. The van der Waals surface area contributed by atoms with Crippen molar-refractivity contribution in [1.29, 1.82) is 0 Å². The fraction of sp³-hybridized carbons (Fsp3) is 0.500. The fourth-order valence-electron chi connectivity index (χ4n) is 2.74. The Hall–Kier alpha value is -2.56. The van der Waals surface area contributed by atoms with Gasteiger partial charge in [-0.1, -0.05) is 11.6 Å². The third-order valence-corrected chi connectivity index (χ3v) is 4.39. The van der Waals surface area contributed by atoms with E-state index in [0.29, 0.717) is 0 Å². The number of hydrogen-bond acceptors (Lipinski definition) is 5. The molecular weight excluding hydrogens is 407 g/mol. The molecule has 1 atom stereocenters. The van der Waals surface area contributed by atoms with Crippen LogP contribution >= 0.6 is 11.6 Å². The summed E-state index contributed by atoms with van der Waals surface area (Å²) in [5, 5.41) is 1.93. The molecule has 0 aliphatic carbocycles. The zero-order valence-corrected chi connectivity index (χ0v) is 15.5. The normalized spacial score (nSPS) is 21.5. The largest absolute Gasteiger partial charge is 0.492 e. The molecule has 1 fully saturated rings. The summed E-state index contributed by atoms with van der Waals surface area (Å²) in [5.41, 5.74) is 0. The molecule has 0 radical (unpaired) electrons. The molecule has 0 aromatic heterocycles. The van der Waals surface area contributed by atoms with Gasteiger partial charge in [-0.15, -0.1) is 0 Å². The Bertz CT molecular complexity index is 770. The van der Waals surface area contributed by atoms with E-state index >= 15 is 0 Å². The first-order valence-electron chi connectivity index (χ1n) is 8.38. The number of nitrogens with zero attached hydrogens (tertiary/aromatic N) is 2. The highest BCUT2D eigenvalue weighted by molar-refractivity contribution is 6.30. The van der Waals surface area contributed by atoms with Crippen LogP contribution in [-0.4, -0.2) is 66.8 Å². The molecule has 0 bridgehead atoms. The van der Waals surface area contributed by atoms with Crippen LogP contribution in [0.25, 0.3) is 0 Å². The molecule has 28 heavy (non-hydrogen) atoms. The van der Waals surface area contributed by atoms with Crippen LogP contribution in [0, 0.1) is 0 Å². The lowest BCUT2D eigenvalue weighted by Crippen LogP contribution is -2.67. The maximum Gasteiger partial charge on any atom is 0.492 e. The highest BCUT2D eigenvalue weighted by atomic mass is 35.5. The summed E-state index contributed by atoms with van der Waals surface area (Å²) in [6, 6.07) is 2.68. The minimum Gasteiger partial charge on any atom is -0.450 e. The molecular formula is C16H17ClF3N3O5. The summed E-state index contributed by atoms with van der Waals surface area (Å²) in [5.74, 6) is -3.80. The number of fused-ring (bicyclic) bond motifs is 1. The molecule has 8 nitrogen and oxygen atoms in total. The van der Waals surface area contributed by atoms with Crippen LogP contribution in [0.15, 0.2) is 18.2 Å². The van der Waals surface area contributed by atoms with Crippen LogP contribution in [0.2, 0.25) is 5.02 Å². The summed E-state index contributed by atoms with van der Waals surface area (Å²) in [4.78, 5) is 26.6. The highest BCUT2D eigenvalue weighted by Crippen LogP contribution is 2.46. The number of alkyl halides is 3. The number of benzene rings is 1. The Labute approximate surface area is 163 Å². The highest BCUT2D eigenvalue weighted by Gasteiger charge is 2.66. The second kappa shape index (κ2) is 7.46. The first kappa shape index (κ1) is 20.2. The maximum atomic E-state index is 13.7. The number of amides is 3. The molecule has 0 spiro atoms. The SMILES string of the molecule is CCOC(=O)N1CCN(C(=O)N[C@]2(C(F)(F)F)Oc3ccc(Cl)cc3O2)CC1. The van der Waals surface area contributed by atoms with Crippen molar-refractivity contribution in [2.45, 2.75) is 19.0 Å². The van der Waals surface area contributed by atoms with Gasteiger partial charge in [0.15, 0.2) is 11.5 Å². The zero-order chi connectivity index (χ0) is 20.5. The topological polar surface area (TPSA) is 80.3 Å². The van der Waals surface area contributed by atoms with Gasteiger partial charge < -0.3 is 24.0 Å². The van der Waals surface area contributed by atoms with Crippen molar-refractivity contribution in [3.63, 3.8) is 0 Å². The predicted octanol–water partition coefficient (Wildman–Crippen LogP) is 2.81. The summed E-state index contributed by atoms with van der Waals surface area (Å²) in [6.45, 7) is 2.16. The van der Waals surface area contributed by atoms with Crippen LogP contribution in [0.5, 0.6) is 11.5 Å². The first-order chi connectivity index (χ1) is 13.1. The zero-order valence-electron chi connectivity index (χ0n) is 14.7. The van der Waals surface area contributed by atoms with E-state index in [1.807, 2.05) is 0 Å². The molecule has 12 heteroatoms. The quantitative estimate of drug-likeness (QED) is 0.791. The van der Waals surface area contributed by atoms with E-state index in [0.717, 1.165) is 11.0 Å². The number of piperazine rings is 1. The summed E-state index contributed by atoms with van der Waals surface area (Å²) >= 11 is 5.77. The summed E-state index contributed by atoms with van der Waals surface area (Å²) in [6.07, 6.45) is -5.61. The summed E-state index contributed by atoms with van der Waals surface area (Å²) in [7, 11) is 0. The van der Waals surface area contributed by atoms with Gasteiger partial charge in [0.25, 0.3) is 0 Å². The molecule has 0 saturated carbocycles. The van der Waals surface area contributed by atoms with Gasteiger partial charge in [-0.3, -0.25) is 5.32 Å². The fourth-order valence-corrected chi connectivity index (χ4v) is 2.90. The Morgan fingerprint density at radius 1 is 1.18 bits per heavy atom. The van der Waals surface area contributed by atoms with Crippen molar-refractivity contribution in [1.82, 2.24) is 15.1 Å². The molecule has 1 aromatic carbocycles. The minimum atomic E-state index is -5.07. The van der Waals surface area contributed by atoms with E-state index in [4.69, 9.17) is 25.8 Å². The van der Waals surface area contributed by atoms with Gasteiger partial charge in [-0.25, -0.2) is 9.59 Å². The number of carbonyl (C=O) groups is 2. The van der Waals surface area contributed by atoms with Gasteiger partial charge in [-0.2, -0.15) is 13.2 Å². The summed E-state index contributed by atoms with van der Waals surface area (Å²) < 4.78 is 55.7. The van der Waals surface area contributed by atoms with Gasteiger partial charge in [0, 0.05) is 37.3 Å². The Balaban J connectivity index is 1.69. The average Bonchev–Trinajstić information content (AvgIpc) is 3.00. The number of ether oxygens (including phenoxy) is 3. The first-order valence-corrected chi connectivity index (χ1v) is 8.76. The van der Waals surface area contributed by atoms with Crippen LogP contribution in [0.1, 0.15) is 6.92 Å². The van der Waals surface area contributed by atoms with Gasteiger partial charge in [0.2, 0.25) is 0 Å². The number of carbonyl (C=O) groups excluding carboxylic acids is 2. The van der Waals surface area contributed by atoms with Crippen LogP contribution < -0.4 is 14.8 Å². The smallest absolute Gasteiger partial charge is 0.450 e. The van der Waals surface area contributed by atoms with Crippen LogP contribution in [0.3, 0.4) is 0 Å². The lowest BCUT2D eigenvalue weighted by Gasteiger charge is -2.36. The molecule has 154 valence electrons. The molecule has 2 heterocycles. The van der Waals surface area contributed by atoms with Crippen LogP contribution in [-0.2, 0) is 4.74 Å². The molecule has 2 aliphatic rings. The maximum absolute atomic E-state index is 13.7. The standard InChI is InChI=1S/C16H17ClF3N3O5/c1-2-26-14(25)23-7-5-22(6-8-23)13(24)21-16(15(18,19)20)27-11-4-3-10(17)9-12(11)28-16/h3-4,9H,2,5-8H2,1H3,(H,21,24)/t16-/m1/s1. The average molecular weight is 424 g/mol. The Kier molecular flexibility index (Phi) is 5.37. The van der Waals surface area contributed by atoms with Crippen molar-refractivity contribution in [2.24, 2.45) is 0 Å². The number of hydrogen-bond donors (Lipinski definition) is 1. The van der Waals surface area contributed by atoms with Gasteiger partial charge in [-0.05, 0) is 19.1 Å². The van der Waals surface area contributed by atoms with Crippen molar-refractivity contribution < 1.29 is 37.0 Å². The number of urea groups is 1. The third-order valence-electron chi connectivity index (χ3n) is 4.15. The van der Waals surface area contributed by atoms with E-state index in [-0.39, 0.29) is 49.3 Å². The number of nitrogens with one attached hydrogen (secondary N) is 1. The van der Waals surface area contributed by atoms with E-state index in [1.54, 1.807) is 12.2 Å². The molecule has 2 aliphatic heterocycles. The van der Waals surface area contributed by atoms with Crippen molar-refractivity contribution >= 4 is 23.7 Å². The molecule has 1 saturated heterocycles. The van der Waals surface area contributed by atoms with E-state index in [9.17, 15) is 22.8 Å². The van der Waals surface area contributed by atoms with Crippen LogP contribution in [0.4, 0.5) is 22.8 Å². The monoisotopic (exact) mass is 423 g/mol. The lowest BCUT2D eigenvalue weighted by molar-refractivity contribution is -0.318. The van der Waals surface area contributed by atoms with E-state index in [2.05, 4.69) is 0 Å². The third kappa shape index (κ3) is 3.84. The number of halogens is 4. The molecule has 0 unspecified atom stereocenters. The van der Waals surface area contributed by atoms with Gasteiger partial charge >= 0.3 is 24.2 Å². The van der Waals surface area contributed by atoms with Gasteiger partial charge in [0.1, 0.15) is 0 Å². The molecule has 3 rings (SSSR count). The van der Waals surface area contributed by atoms with E-state index < -0.39 is 24.2 Å². The second-order valence-electron chi connectivity index (χ2n) is 6.01. The number of rotatable bonds is 2. The molecule has 3 amide bonds. The van der Waals surface area contributed by atoms with E-state index in [1.165, 1.54) is 17.0 Å². The molecule has 1 aromatic rings. The molecule has 1 N–H and O–H groups in total. The van der Waals surface area contributed by atoms with Crippen molar-refractivity contribution in [3.8, 4) is 11.5 Å². The van der Waals surface area contributed by atoms with Gasteiger partial charge in [0.05, 0.1) is 6.61 Å². The Morgan fingerprint density at radius 3 is 2.39 bits per heavy atom. The predicted molar refractivity (Wildman–Crippen MR) is 90.2 cm³/mol.